The number of allylic oxidation sites excluding steroid dienone is 1. The Kier molecular flexibility index (Phi) is 4.68. The zero-order valence-electron chi connectivity index (χ0n) is 11.5. The number of ether oxygens (including phenoxy) is 3. The minimum atomic E-state index is 0.100. The largest absolute Gasteiger partial charge is 0.493 e. The standard InChI is InChI=1S/C15H21NO3/c1-17-13-9-11(7-8-16)10-14(18-2)15(13)19-12-5-3-4-6-12/h3,5,9-10,12H,4,6-8,16H2,1-2H3. The molecule has 2 N–H and O–H groups in total. The summed E-state index contributed by atoms with van der Waals surface area (Å²) in [5.41, 5.74) is 6.68. The van der Waals surface area contributed by atoms with E-state index in [0.717, 1.165) is 24.8 Å². The summed E-state index contributed by atoms with van der Waals surface area (Å²) in [5.74, 6) is 2.06. The molecule has 0 saturated carbocycles. The van der Waals surface area contributed by atoms with Crippen LogP contribution in [-0.2, 0) is 6.42 Å². The second kappa shape index (κ2) is 6.48. The molecule has 1 aromatic rings. The Morgan fingerprint density at radius 2 is 1.89 bits per heavy atom. The van der Waals surface area contributed by atoms with E-state index in [2.05, 4.69) is 12.2 Å². The van der Waals surface area contributed by atoms with Crippen molar-refractivity contribution in [3.8, 4) is 17.2 Å². The molecule has 1 aliphatic rings. The van der Waals surface area contributed by atoms with Gasteiger partial charge < -0.3 is 19.9 Å². The molecule has 1 unspecified atom stereocenters. The minimum Gasteiger partial charge on any atom is -0.493 e. The predicted molar refractivity (Wildman–Crippen MR) is 75.1 cm³/mol. The smallest absolute Gasteiger partial charge is 0.204 e. The first-order chi connectivity index (χ1) is 9.28. The van der Waals surface area contributed by atoms with Crippen molar-refractivity contribution in [2.24, 2.45) is 5.73 Å². The highest BCUT2D eigenvalue weighted by molar-refractivity contribution is 5.54. The molecule has 2 rings (SSSR count). The average Bonchev–Trinajstić information content (AvgIpc) is 2.93. The minimum absolute atomic E-state index is 0.100. The van der Waals surface area contributed by atoms with Gasteiger partial charge in [-0.15, -0.1) is 0 Å². The van der Waals surface area contributed by atoms with Crippen LogP contribution in [0.1, 0.15) is 18.4 Å². The zero-order chi connectivity index (χ0) is 13.7. The fourth-order valence-electron chi connectivity index (χ4n) is 2.22. The van der Waals surface area contributed by atoms with E-state index in [4.69, 9.17) is 19.9 Å². The van der Waals surface area contributed by atoms with E-state index in [9.17, 15) is 0 Å². The molecule has 0 aromatic heterocycles. The lowest BCUT2D eigenvalue weighted by molar-refractivity contribution is 0.223. The summed E-state index contributed by atoms with van der Waals surface area (Å²) in [6.45, 7) is 0.595. The maximum atomic E-state index is 5.98. The fraction of sp³-hybridized carbons (Fsp3) is 0.467. The Bertz CT molecular complexity index is 432. The van der Waals surface area contributed by atoms with Crippen LogP contribution in [0.4, 0.5) is 0 Å². The zero-order valence-corrected chi connectivity index (χ0v) is 11.5. The maximum Gasteiger partial charge on any atom is 0.204 e. The maximum absolute atomic E-state index is 5.98. The van der Waals surface area contributed by atoms with Crippen LogP contribution < -0.4 is 19.9 Å². The quantitative estimate of drug-likeness (QED) is 0.800. The molecule has 1 aliphatic carbocycles. The van der Waals surface area contributed by atoms with Crippen LogP contribution in [0.5, 0.6) is 17.2 Å². The van der Waals surface area contributed by atoms with Gasteiger partial charge in [-0.3, -0.25) is 0 Å². The van der Waals surface area contributed by atoms with Gasteiger partial charge in [-0.2, -0.15) is 0 Å². The van der Waals surface area contributed by atoms with Crippen molar-refractivity contribution in [2.45, 2.75) is 25.4 Å². The van der Waals surface area contributed by atoms with Crippen LogP contribution in [0.2, 0.25) is 0 Å². The third-order valence-electron chi connectivity index (χ3n) is 3.19. The monoisotopic (exact) mass is 263 g/mol. The SMILES string of the molecule is COc1cc(CCN)cc(OC)c1OC1C=CCC1. The first-order valence-electron chi connectivity index (χ1n) is 6.56. The molecule has 0 saturated heterocycles. The number of hydrogen-bond donors (Lipinski definition) is 1. The molecule has 4 nitrogen and oxygen atoms in total. The van der Waals surface area contributed by atoms with Crippen molar-refractivity contribution in [1.29, 1.82) is 0 Å². The Morgan fingerprint density at radius 3 is 2.37 bits per heavy atom. The normalized spacial score (nSPS) is 17.5. The molecule has 1 atom stereocenters. The van der Waals surface area contributed by atoms with Crippen LogP contribution >= 0.6 is 0 Å². The van der Waals surface area contributed by atoms with Crippen LogP contribution in [0.25, 0.3) is 0 Å². The van der Waals surface area contributed by atoms with Gasteiger partial charge in [0.1, 0.15) is 6.10 Å². The number of hydrogen-bond acceptors (Lipinski definition) is 4. The van der Waals surface area contributed by atoms with Gasteiger partial charge in [0.15, 0.2) is 11.5 Å². The summed E-state index contributed by atoms with van der Waals surface area (Å²) in [6, 6.07) is 3.92. The van der Waals surface area contributed by atoms with E-state index in [1.54, 1.807) is 14.2 Å². The lowest BCUT2D eigenvalue weighted by atomic mass is 10.1. The van der Waals surface area contributed by atoms with E-state index in [1.807, 2.05) is 12.1 Å². The van der Waals surface area contributed by atoms with Crippen molar-refractivity contribution in [1.82, 2.24) is 0 Å². The Labute approximate surface area is 114 Å². The van der Waals surface area contributed by atoms with Gasteiger partial charge in [-0.25, -0.2) is 0 Å². The molecular weight excluding hydrogens is 242 g/mol. The van der Waals surface area contributed by atoms with Crippen LogP contribution in [-0.4, -0.2) is 26.9 Å². The third kappa shape index (κ3) is 3.20. The second-order valence-electron chi connectivity index (χ2n) is 4.53. The third-order valence-corrected chi connectivity index (χ3v) is 3.19. The lowest BCUT2D eigenvalue weighted by Gasteiger charge is -2.19. The lowest BCUT2D eigenvalue weighted by Crippen LogP contribution is -2.12. The predicted octanol–water partition coefficient (Wildman–Crippen LogP) is 2.30. The molecule has 0 fully saturated rings. The summed E-state index contributed by atoms with van der Waals surface area (Å²) >= 11 is 0. The molecule has 0 amide bonds. The van der Waals surface area contributed by atoms with E-state index in [-0.39, 0.29) is 6.10 Å². The van der Waals surface area contributed by atoms with Gasteiger partial charge in [-0.1, -0.05) is 6.08 Å². The highest BCUT2D eigenvalue weighted by atomic mass is 16.5. The van der Waals surface area contributed by atoms with E-state index >= 15 is 0 Å². The van der Waals surface area contributed by atoms with Gasteiger partial charge in [-0.05, 0) is 49.6 Å². The van der Waals surface area contributed by atoms with Gasteiger partial charge >= 0.3 is 0 Å². The molecule has 1 aromatic carbocycles. The van der Waals surface area contributed by atoms with E-state index in [1.165, 1.54) is 0 Å². The van der Waals surface area contributed by atoms with Gasteiger partial charge in [0, 0.05) is 0 Å². The molecule has 0 heterocycles. The van der Waals surface area contributed by atoms with Crippen molar-refractivity contribution >= 4 is 0 Å². The fourth-order valence-corrected chi connectivity index (χ4v) is 2.22. The summed E-state index contributed by atoms with van der Waals surface area (Å²) in [4.78, 5) is 0. The molecule has 0 spiro atoms. The van der Waals surface area contributed by atoms with Crippen molar-refractivity contribution < 1.29 is 14.2 Å². The molecule has 104 valence electrons. The molecule has 0 bridgehead atoms. The number of nitrogens with two attached hydrogens (primary N) is 1. The van der Waals surface area contributed by atoms with Crippen molar-refractivity contribution in [3.05, 3.63) is 29.8 Å². The Morgan fingerprint density at radius 1 is 1.21 bits per heavy atom. The van der Waals surface area contributed by atoms with Crippen molar-refractivity contribution in [3.63, 3.8) is 0 Å². The Balaban J connectivity index is 2.30. The molecule has 19 heavy (non-hydrogen) atoms. The highest BCUT2D eigenvalue weighted by Crippen LogP contribution is 2.40. The molecular formula is C15H21NO3. The number of benzene rings is 1. The van der Waals surface area contributed by atoms with E-state index in [0.29, 0.717) is 23.8 Å². The summed E-state index contributed by atoms with van der Waals surface area (Å²) in [5, 5.41) is 0. The number of methoxy groups -OCH3 is 2. The first kappa shape index (κ1) is 13.7. The highest BCUT2D eigenvalue weighted by Gasteiger charge is 2.19. The van der Waals surface area contributed by atoms with Gasteiger partial charge in [0.25, 0.3) is 0 Å². The summed E-state index contributed by atoms with van der Waals surface area (Å²) < 4.78 is 16.8. The molecule has 0 radical (unpaired) electrons. The molecule has 4 heteroatoms. The van der Waals surface area contributed by atoms with Crippen molar-refractivity contribution in [2.75, 3.05) is 20.8 Å². The number of rotatable bonds is 6. The van der Waals surface area contributed by atoms with Gasteiger partial charge in [0.05, 0.1) is 14.2 Å². The molecule has 0 aliphatic heterocycles. The second-order valence-corrected chi connectivity index (χ2v) is 4.53. The first-order valence-corrected chi connectivity index (χ1v) is 6.56. The summed E-state index contributed by atoms with van der Waals surface area (Å²) in [7, 11) is 3.27. The Hall–Kier alpha value is -1.68. The van der Waals surface area contributed by atoms with Crippen LogP contribution in [0.3, 0.4) is 0 Å². The summed E-state index contributed by atoms with van der Waals surface area (Å²) in [6.07, 6.45) is 7.15. The van der Waals surface area contributed by atoms with Crippen LogP contribution in [0, 0.1) is 0 Å². The van der Waals surface area contributed by atoms with E-state index < -0.39 is 0 Å². The van der Waals surface area contributed by atoms with Crippen LogP contribution in [0.15, 0.2) is 24.3 Å². The topological polar surface area (TPSA) is 53.7 Å². The van der Waals surface area contributed by atoms with Gasteiger partial charge in [0.2, 0.25) is 5.75 Å². The average molecular weight is 263 g/mol.